The van der Waals surface area contributed by atoms with Gasteiger partial charge in [-0.2, -0.15) is 0 Å². The van der Waals surface area contributed by atoms with Gasteiger partial charge in [0, 0.05) is 11.9 Å². The van der Waals surface area contributed by atoms with Crippen LogP contribution in [0.1, 0.15) is 29.8 Å². The van der Waals surface area contributed by atoms with Gasteiger partial charge in [-0.15, -0.1) is 11.3 Å². The van der Waals surface area contributed by atoms with Gasteiger partial charge in [-0.1, -0.05) is 24.3 Å². The first-order valence-corrected chi connectivity index (χ1v) is 7.00. The molecule has 0 spiro atoms. The zero-order valence-corrected chi connectivity index (χ0v) is 11.5. The molecule has 2 rings (SSSR count). The fourth-order valence-corrected chi connectivity index (χ4v) is 2.22. The van der Waals surface area contributed by atoms with Crippen LogP contribution in [0.2, 0.25) is 0 Å². The largest absolute Gasteiger partial charge is 0.389 e. The number of hydrogen-bond donors (Lipinski definition) is 2. The third-order valence-electron chi connectivity index (χ3n) is 2.78. The molecule has 0 radical (unpaired) electrons. The lowest BCUT2D eigenvalue weighted by atomic mass is 10.1. The van der Waals surface area contributed by atoms with Gasteiger partial charge >= 0.3 is 0 Å². The van der Waals surface area contributed by atoms with Crippen LogP contribution in [0.15, 0.2) is 35.2 Å². The summed E-state index contributed by atoms with van der Waals surface area (Å²) in [5, 5.41) is 14.1. The van der Waals surface area contributed by atoms with Crippen LogP contribution in [0.5, 0.6) is 0 Å². The molecule has 1 atom stereocenters. The molecule has 2 N–H and O–H groups in total. The lowest BCUT2D eigenvalue weighted by molar-refractivity contribution is -0.120. The first kappa shape index (κ1) is 13.7. The van der Waals surface area contributed by atoms with Crippen molar-refractivity contribution in [2.45, 2.75) is 26.0 Å². The maximum Gasteiger partial charge on any atom is 0.226 e. The van der Waals surface area contributed by atoms with E-state index in [1.807, 2.05) is 29.6 Å². The lowest BCUT2D eigenvalue weighted by Crippen LogP contribution is -2.24. The summed E-state index contributed by atoms with van der Waals surface area (Å²) in [6.45, 7) is 2.22. The molecule has 1 heterocycles. The molecule has 0 saturated heterocycles. The molecule has 0 aliphatic rings. The highest BCUT2D eigenvalue weighted by atomic mass is 32.1. The number of aliphatic hydroxyl groups excluding tert-OH is 1. The Balaban J connectivity index is 1.83. The van der Waals surface area contributed by atoms with E-state index in [-0.39, 0.29) is 5.91 Å². The van der Waals surface area contributed by atoms with Crippen LogP contribution in [0.3, 0.4) is 0 Å². The maximum absolute atomic E-state index is 11.7. The van der Waals surface area contributed by atoms with E-state index in [0.717, 1.165) is 16.8 Å². The van der Waals surface area contributed by atoms with Crippen LogP contribution >= 0.6 is 11.3 Å². The molecule has 0 aliphatic carbocycles. The number of carbonyl (C=O) groups excluding carboxylic acids is 1. The minimum absolute atomic E-state index is 0.0366. The fourth-order valence-electron chi connectivity index (χ4n) is 1.67. The fraction of sp³-hybridized carbons (Fsp3) is 0.286. The molecule has 0 fully saturated rings. The normalized spacial score (nSPS) is 12.1. The Kier molecular flexibility index (Phi) is 4.65. The van der Waals surface area contributed by atoms with Crippen molar-refractivity contribution in [2.75, 3.05) is 0 Å². The second-order valence-electron chi connectivity index (χ2n) is 4.35. The van der Waals surface area contributed by atoms with Gasteiger partial charge in [-0.25, -0.2) is 4.98 Å². The van der Waals surface area contributed by atoms with Gasteiger partial charge in [-0.05, 0) is 18.1 Å². The average molecular weight is 276 g/mol. The number of amides is 1. The number of aromatic nitrogens is 1. The maximum atomic E-state index is 11.7. The Bertz CT molecular complexity index is 521. The Morgan fingerprint density at radius 2 is 2.16 bits per heavy atom. The van der Waals surface area contributed by atoms with Gasteiger partial charge in [0.2, 0.25) is 5.91 Å². The SMILES string of the molecule is CC(O)c1ccc(CNC(=O)Cc2cscn2)cc1. The summed E-state index contributed by atoms with van der Waals surface area (Å²) >= 11 is 1.49. The summed E-state index contributed by atoms with van der Waals surface area (Å²) < 4.78 is 0. The van der Waals surface area contributed by atoms with Gasteiger partial charge in [0.15, 0.2) is 0 Å². The molecule has 1 unspecified atom stereocenters. The Hall–Kier alpha value is -1.72. The first-order valence-electron chi connectivity index (χ1n) is 6.06. The molecule has 100 valence electrons. The van der Waals surface area contributed by atoms with Crippen LogP contribution < -0.4 is 5.32 Å². The lowest BCUT2D eigenvalue weighted by Gasteiger charge is -2.07. The van der Waals surface area contributed by atoms with Gasteiger partial charge in [0.05, 0.1) is 23.7 Å². The van der Waals surface area contributed by atoms with Crippen molar-refractivity contribution in [1.29, 1.82) is 0 Å². The molecule has 2 aromatic rings. The van der Waals surface area contributed by atoms with Gasteiger partial charge < -0.3 is 10.4 Å². The Morgan fingerprint density at radius 3 is 2.74 bits per heavy atom. The number of nitrogens with one attached hydrogen (secondary N) is 1. The van der Waals surface area contributed by atoms with Crippen LogP contribution in [0, 0.1) is 0 Å². The van der Waals surface area contributed by atoms with Crippen molar-refractivity contribution < 1.29 is 9.90 Å². The number of aliphatic hydroxyl groups is 1. The van der Waals surface area contributed by atoms with Crippen molar-refractivity contribution in [2.24, 2.45) is 0 Å². The van der Waals surface area contributed by atoms with E-state index in [0.29, 0.717) is 13.0 Å². The first-order chi connectivity index (χ1) is 9.15. The average Bonchev–Trinajstić information content (AvgIpc) is 2.89. The van der Waals surface area contributed by atoms with Crippen LogP contribution in [0.25, 0.3) is 0 Å². The third kappa shape index (κ3) is 4.15. The minimum Gasteiger partial charge on any atom is -0.389 e. The molecular weight excluding hydrogens is 260 g/mol. The van der Waals surface area contributed by atoms with E-state index in [1.165, 1.54) is 11.3 Å². The summed E-state index contributed by atoms with van der Waals surface area (Å²) in [5.74, 6) is -0.0366. The molecule has 19 heavy (non-hydrogen) atoms. The van der Waals surface area contributed by atoms with E-state index in [2.05, 4.69) is 10.3 Å². The molecular formula is C14H16N2O2S. The topological polar surface area (TPSA) is 62.2 Å². The van der Waals surface area contributed by atoms with E-state index >= 15 is 0 Å². The van der Waals surface area contributed by atoms with Crippen molar-refractivity contribution in [1.82, 2.24) is 10.3 Å². The van der Waals surface area contributed by atoms with E-state index in [4.69, 9.17) is 0 Å². The summed E-state index contributed by atoms with van der Waals surface area (Å²) in [4.78, 5) is 15.7. The van der Waals surface area contributed by atoms with Crippen LogP contribution in [-0.2, 0) is 17.8 Å². The Morgan fingerprint density at radius 1 is 1.42 bits per heavy atom. The standard InChI is InChI=1S/C14H16N2O2S/c1-10(17)12-4-2-11(3-5-12)7-15-14(18)6-13-8-19-9-16-13/h2-5,8-10,17H,6-7H2,1H3,(H,15,18). The minimum atomic E-state index is -0.465. The zero-order chi connectivity index (χ0) is 13.7. The van der Waals surface area contributed by atoms with Crippen molar-refractivity contribution >= 4 is 17.2 Å². The molecule has 0 aliphatic heterocycles. The Labute approximate surface area is 116 Å². The molecule has 0 bridgehead atoms. The highest BCUT2D eigenvalue weighted by molar-refractivity contribution is 7.07. The highest BCUT2D eigenvalue weighted by Gasteiger charge is 2.05. The third-order valence-corrected chi connectivity index (χ3v) is 3.41. The number of nitrogens with zero attached hydrogens (tertiary/aromatic N) is 1. The summed E-state index contributed by atoms with van der Waals surface area (Å²) in [7, 11) is 0. The van der Waals surface area contributed by atoms with E-state index in [1.54, 1.807) is 12.4 Å². The smallest absolute Gasteiger partial charge is 0.226 e. The van der Waals surface area contributed by atoms with E-state index in [9.17, 15) is 9.90 Å². The molecule has 1 aromatic heterocycles. The number of rotatable bonds is 5. The van der Waals surface area contributed by atoms with Crippen molar-refractivity contribution in [3.8, 4) is 0 Å². The number of benzene rings is 1. The molecule has 1 aromatic carbocycles. The van der Waals surface area contributed by atoms with Gasteiger partial charge in [0.25, 0.3) is 0 Å². The number of carbonyl (C=O) groups is 1. The van der Waals surface area contributed by atoms with Crippen LogP contribution in [-0.4, -0.2) is 16.0 Å². The second kappa shape index (κ2) is 6.45. The van der Waals surface area contributed by atoms with E-state index < -0.39 is 6.10 Å². The van der Waals surface area contributed by atoms with Crippen molar-refractivity contribution in [3.05, 3.63) is 52.0 Å². The quantitative estimate of drug-likeness (QED) is 0.878. The highest BCUT2D eigenvalue weighted by Crippen LogP contribution is 2.12. The molecule has 4 nitrogen and oxygen atoms in total. The molecule has 0 saturated carbocycles. The summed E-state index contributed by atoms with van der Waals surface area (Å²) in [6.07, 6.45) is -0.150. The molecule has 5 heteroatoms. The zero-order valence-electron chi connectivity index (χ0n) is 10.7. The van der Waals surface area contributed by atoms with Gasteiger partial charge in [0.1, 0.15) is 0 Å². The second-order valence-corrected chi connectivity index (χ2v) is 5.07. The predicted molar refractivity (Wildman–Crippen MR) is 74.7 cm³/mol. The molecule has 1 amide bonds. The number of hydrogen-bond acceptors (Lipinski definition) is 4. The van der Waals surface area contributed by atoms with Gasteiger partial charge in [-0.3, -0.25) is 4.79 Å². The predicted octanol–water partition coefficient (Wildman–Crippen LogP) is 2.06. The number of thiazole rings is 1. The summed E-state index contributed by atoms with van der Waals surface area (Å²) in [5.41, 5.74) is 4.40. The summed E-state index contributed by atoms with van der Waals surface area (Å²) in [6, 6.07) is 7.55. The monoisotopic (exact) mass is 276 g/mol. The van der Waals surface area contributed by atoms with Crippen molar-refractivity contribution in [3.63, 3.8) is 0 Å². The van der Waals surface area contributed by atoms with Crippen LogP contribution in [0.4, 0.5) is 0 Å².